The molecular weight excluding hydrogens is 329 g/mol. The van der Waals surface area contributed by atoms with Crippen molar-refractivity contribution in [2.24, 2.45) is 0 Å². The summed E-state index contributed by atoms with van der Waals surface area (Å²) in [6.45, 7) is 1.91. The van der Waals surface area contributed by atoms with Crippen molar-refractivity contribution in [3.8, 4) is 5.75 Å². The number of benzene rings is 3. The molecule has 0 heterocycles. The maximum absolute atomic E-state index is 13.5. The van der Waals surface area contributed by atoms with Gasteiger partial charge in [0.1, 0.15) is 11.6 Å². The molecule has 1 fully saturated rings. The zero-order valence-electron chi connectivity index (χ0n) is 14.8. The van der Waals surface area contributed by atoms with Gasteiger partial charge in [0, 0.05) is 5.56 Å². The van der Waals surface area contributed by atoms with Gasteiger partial charge in [-0.05, 0) is 65.9 Å². The summed E-state index contributed by atoms with van der Waals surface area (Å²) < 4.78 is 18.8. The minimum absolute atomic E-state index is 0.113. The fourth-order valence-corrected chi connectivity index (χ4v) is 3.52. The average Bonchev–Trinajstić information content (AvgIpc) is 3.41. The van der Waals surface area contributed by atoms with Crippen molar-refractivity contribution in [3.05, 3.63) is 77.1 Å². The smallest absolute Gasteiger partial charge is 0.252 e. The minimum Gasteiger partial charge on any atom is -0.497 e. The Labute approximate surface area is 151 Å². The molecule has 3 nitrogen and oxygen atoms in total. The van der Waals surface area contributed by atoms with Crippen LogP contribution in [0.1, 0.15) is 34.3 Å². The van der Waals surface area contributed by atoms with Crippen LogP contribution >= 0.6 is 0 Å². The quantitative estimate of drug-likeness (QED) is 0.740. The highest BCUT2D eigenvalue weighted by atomic mass is 19.1. The van der Waals surface area contributed by atoms with E-state index in [4.69, 9.17) is 4.74 Å². The minimum atomic E-state index is -0.385. The molecule has 1 saturated carbocycles. The summed E-state index contributed by atoms with van der Waals surface area (Å²) in [4.78, 5) is 12.9. The van der Waals surface area contributed by atoms with Crippen LogP contribution in [0.4, 0.5) is 4.39 Å². The van der Waals surface area contributed by atoms with Crippen LogP contribution in [-0.2, 0) is 5.54 Å². The van der Waals surface area contributed by atoms with Gasteiger partial charge in [-0.25, -0.2) is 4.39 Å². The third kappa shape index (κ3) is 2.81. The number of amides is 1. The van der Waals surface area contributed by atoms with Crippen LogP contribution < -0.4 is 10.1 Å². The van der Waals surface area contributed by atoms with Gasteiger partial charge in [0.05, 0.1) is 12.6 Å². The van der Waals surface area contributed by atoms with Gasteiger partial charge in [0.15, 0.2) is 0 Å². The summed E-state index contributed by atoms with van der Waals surface area (Å²) in [5, 5.41) is 5.04. The second-order valence-electron chi connectivity index (χ2n) is 6.89. The van der Waals surface area contributed by atoms with Gasteiger partial charge in [-0.2, -0.15) is 0 Å². The number of aryl methyl sites for hydroxylation is 1. The van der Waals surface area contributed by atoms with Crippen LogP contribution in [0.25, 0.3) is 10.8 Å². The van der Waals surface area contributed by atoms with E-state index in [2.05, 4.69) is 5.32 Å². The Morgan fingerprint density at radius 1 is 1.12 bits per heavy atom. The molecule has 1 amide bonds. The first kappa shape index (κ1) is 16.6. The summed E-state index contributed by atoms with van der Waals surface area (Å²) in [7, 11) is 1.59. The van der Waals surface area contributed by atoms with Crippen molar-refractivity contribution in [2.45, 2.75) is 25.3 Å². The standard InChI is InChI=1S/C22H20FNO2/c1-14-6-8-17(26-2)13-19(14)21(25)24-22(10-11-22)20-5-3-4-15-12-16(23)7-9-18(15)20/h3-9,12-13H,10-11H2,1-2H3,(H,24,25). The van der Waals surface area contributed by atoms with Crippen LogP contribution in [0.3, 0.4) is 0 Å². The molecule has 0 aliphatic heterocycles. The van der Waals surface area contributed by atoms with Crippen LogP contribution in [0.2, 0.25) is 0 Å². The zero-order chi connectivity index (χ0) is 18.3. The highest BCUT2D eigenvalue weighted by Crippen LogP contribution is 2.48. The number of rotatable bonds is 4. The fourth-order valence-electron chi connectivity index (χ4n) is 3.52. The Hall–Kier alpha value is -2.88. The van der Waals surface area contributed by atoms with Crippen LogP contribution in [-0.4, -0.2) is 13.0 Å². The number of hydrogen-bond acceptors (Lipinski definition) is 2. The third-order valence-corrected chi connectivity index (χ3v) is 5.15. The van der Waals surface area contributed by atoms with Crippen LogP contribution in [0.5, 0.6) is 5.75 Å². The van der Waals surface area contributed by atoms with Gasteiger partial charge in [-0.3, -0.25) is 4.79 Å². The lowest BCUT2D eigenvalue weighted by molar-refractivity contribution is 0.0930. The van der Waals surface area contributed by atoms with Crippen LogP contribution in [0, 0.1) is 12.7 Å². The Balaban J connectivity index is 1.70. The fraction of sp³-hybridized carbons (Fsp3) is 0.227. The predicted octanol–water partition coefficient (Wildman–Crippen LogP) is 4.72. The molecule has 26 heavy (non-hydrogen) atoms. The van der Waals surface area contributed by atoms with Crippen molar-refractivity contribution in [1.29, 1.82) is 0 Å². The molecule has 0 unspecified atom stereocenters. The van der Waals surface area contributed by atoms with Gasteiger partial charge >= 0.3 is 0 Å². The Bertz CT molecular complexity index is 1010. The Morgan fingerprint density at radius 2 is 1.92 bits per heavy atom. The number of fused-ring (bicyclic) bond motifs is 1. The largest absolute Gasteiger partial charge is 0.497 e. The average molecular weight is 349 g/mol. The van der Waals surface area contributed by atoms with E-state index in [1.54, 1.807) is 19.2 Å². The highest BCUT2D eigenvalue weighted by Gasteiger charge is 2.46. The number of carbonyl (C=O) groups excluding carboxylic acids is 1. The first-order chi connectivity index (χ1) is 12.5. The lowest BCUT2D eigenvalue weighted by Crippen LogP contribution is -2.35. The molecule has 0 atom stereocenters. The molecule has 0 radical (unpaired) electrons. The molecule has 4 heteroatoms. The van der Waals surface area contributed by atoms with Gasteiger partial charge in [0.2, 0.25) is 0 Å². The number of nitrogens with one attached hydrogen (secondary N) is 1. The molecule has 0 spiro atoms. The number of carbonyl (C=O) groups is 1. The molecule has 0 bridgehead atoms. The van der Waals surface area contributed by atoms with E-state index in [1.807, 2.05) is 37.3 Å². The third-order valence-electron chi connectivity index (χ3n) is 5.15. The molecule has 0 saturated heterocycles. The molecular formula is C22H20FNO2. The van der Waals surface area contributed by atoms with Gasteiger partial charge in [-0.1, -0.05) is 30.3 Å². The monoisotopic (exact) mass is 349 g/mol. The van der Waals surface area contributed by atoms with E-state index in [-0.39, 0.29) is 17.3 Å². The van der Waals surface area contributed by atoms with E-state index in [0.717, 1.165) is 34.7 Å². The number of ether oxygens (including phenoxy) is 1. The summed E-state index contributed by atoms with van der Waals surface area (Å²) in [5.41, 5.74) is 2.18. The maximum Gasteiger partial charge on any atom is 0.252 e. The predicted molar refractivity (Wildman–Crippen MR) is 100 cm³/mol. The molecule has 132 valence electrons. The summed E-state index contributed by atoms with van der Waals surface area (Å²) in [5.74, 6) is 0.291. The first-order valence-corrected chi connectivity index (χ1v) is 8.68. The summed E-state index contributed by atoms with van der Waals surface area (Å²) in [6, 6.07) is 16.1. The van der Waals surface area contributed by atoms with E-state index in [0.29, 0.717) is 11.3 Å². The maximum atomic E-state index is 13.5. The lowest BCUT2D eigenvalue weighted by Gasteiger charge is -2.21. The van der Waals surface area contributed by atoms with Crippen molar-refractivity contribution >= 4 is 16.7 Å². The number of halogens is 1. The second-order valence-corrected chi connectivity index (χ2v) is 6.89. The molecule has 0 aromatic heterocycles. The van der Waals surface area contributed by atoms with Gasteiger partial charge < -0.3 is 10.1 Å². The van der Waals surface area contributed by atoms with E-state index in [1.165, 1.54) is 12.1 Å². The molecule has 4 rings (SSSR count). The first-order valence-electron chi connectivity index (χ1n) is 8.68. The Kier molecular flexibility index (Phi) is 3.91. The Morgan fingerprint density at radius 3 is 2.65 bits per heavy atom. The summed E-state index contributed by atoms with van der Waals surface area (Å²) >= 11 is 0. The van der Waals surface area contributed by atoms with Gasteiger partial charge in [0.25, 0.3) is 5.91 Å². The highest BCUT2D eigenvalue weighted by molar-refractivity contribution is 5.97. The van der Waals surface area contributed by atoms with Crippen LogP contribution in [0.15, 0.2) is 54.6 Å². The molecule has 1 N–H and O–H groups in total. The zero-order valence-corrected chi connectivity index (χ0v) is 14.8. The SMILES string of the molecule is COc1ccc(C)c(C(=O)NC2(c3cccc4cc(F)ccc34)CC2)c1. The normalized spacial score (nSPS) is 14.9. The number of hydrogen-bond donors (Lipinski definition) is 1. The van der Waals surface area contributed by atoms with Crippen molar-refractivity contribution < 1.29 is 13.9 Å². The van der Waals surface area contributed by atoms with Crippen molar-refractivity contribution in [3.63, 3.8) is 0 Å². The van der Waals surface area contributed by atoms with E-state index >= 15 is 0 Å². The number of methoxy groups -OCH3 is 1. The molecule has 1 aliphatic carbocycles. The van der Waals surface area contributed by atoms with E-state index in [9.17, 15) is 9.18 Å². The molecule has 3 aromatic rings. The van der Waals surface area contributed by atoms with Gasteiger partial charge in [-0.15, -0.1) is 0 Å². The molecule has 3 aromatic carbocycles. The van der Waals surface area contributed by atoms with Crippen molar-refractivity contribution in [1.82, 2.24) is 5.32 Å². The van der Waals surface area contributed by atoms with E-state index < -0.39 is 0 Å². The topological polar surface area (TPSA) is 38.3 Å². The van der Waals surface area contributed by atoms with Crippen molar-refractivity contribution in [2.75, 3.05) is 7.11 Å². The second kappa shape index (κ2) is 6.13. The lowest BCUT2D eigenvalue weighted by atomic mass is 9.96. The molecule has 1 aliphatic rings. The summed E-state index contributed by atoms with van der Waals surface area (Å²) in [6.07, 6.45) is 1.75.